The summed E-state index contributed by atoms with van der Waals surface area (Å²) in [7, 11) is 0. The van der Waals surface area contributed by atoms with Gasteiger partial charge in [-0.1, -0.05) is 12.5 Å². The average molecular weight is 542 g/mol. The minimum absolute atomic E-state index is 0.246. The van der Waals surface area contributed by atoms with E-state index in [1.807, 2.05) is 24.3 Å². The molecule has 0 radical (unpaired) electrons. The number of nitrogens with zero attached hydrogens (tertiary/aromatic N) is 4. The van der Waals surface area contributed by atoms with E-state index in [-0.39, 0.29) is 5.91 Å². The molecule has 0 saturated heterocycles. The first-order valence-corrected chi connectivity index (χ1v) is 14.4. The van der Waals surface area contributed by atoms with Gasteiger partial charge in [0.15, 0.2) is 11.0 Å². The third-order valence-electron chi connectivity index (χ3n) is 7.01. The number of fused-ring (bicyclic) bond motifs is 2. The van der Waals surface area contributed by atoms with Crippen molar-refractivity contribution < 1.29 is 14.3 Å². The lowest BCUT2D eigenvalue weighted by Crippen LogP contribution is -2.12. The molecular formula is C30H31N5O3S. The fourth-order valence-corrected chi connectivity index (χ4v) is 6.07. The summed E-state index contributed by atoms with van der Waals surface area (Å²) in [6.45, 7) is 5.16. The lowest BCUT2D eigenvalue weighted by atomic mass is 10.1. The van der Waals surface area contributed by atoms with Crippen molar-refractivity contribution in [1.82, 2.24) is 19.7 Å². The molecule has 1 N–H and O–H groups in total. The van der Waals surface area contributed by atoms with E-state index in [2.05, 4.69) is 31.6 Å². The molecule has 0 bridgehead atoms. The standard InChI is InChI=1S/C30H31N5O3S/c1-2-3-16-37-23-17-21(29(36)32-30-31-25-8-7-9-26(25)39-30)18-24(19-23)38-22-13-11-20(12-14-22)28-34-33-27-10-5-4-6-15-35(27)28/h2,11-14,17-19H,1,3-10,15-16H2,(H,31,32,36). The summed E-state index contributed by atoms with van der Waals surface area (Å²) in [5.74, 6) is 3.43. The zero-order valence-electron chi connectivity index (χ0n) is 21.8. The Labute approximate surface area is 231 Å². The number of anilines is 1. The predicted octanol–water partition coefficient (Wildman–Crippen LogP) is 6.62. The number of aryl methyl sites for hydroxylation is 3. The smallest absolute Gasteiger partial charge is 0.257 e. The summed E-state index contributed by atoms with van der Waals surface area (Å²) < 4.78 is 14.3. The molecule has 2 aliphatic rings. The Morgan fingerprint density at radius 1 is 1.00 bits per heavy atom. The molecule has 0 unspecified atom stereocenters. The Kier molecular flexibility index (Phi) is 7.40. The summed E-state index contributed by atoms with van der Waals surface area (Å²) in [5, 5.41) is 12.4. The van der Waals surface area contributed by atoms with Crippen LogP contribution in [0.3, 0.4) is 0 Å². The maximum absolute atomic E-state index is 13.2. The number of carbonyl (C=O) groups excluding carboxylic acids is 1. The number of nitrogens with one attached hydrogen (secondary N) is 1. The Morgan fingerprint density at radius 3 is 2.72 bits per heavy atom. The molecule has 1 aliphatic carbocycles. The fourth-order valence-electron chi connectivity index (χ4n) is 5.03. The molecule has 0 saturated carbocycles. The maximum Gasteiger partial charge on any atom is 0.257 e. The van der Waals surface area contributed by atoms with E-state index in [9.17, 15) is 4.79 Å². The van der Waals surface area contributed by atoms with Crippen LogP contribution in [0, 0.1) is 0 Å². The summed E-state index contributed by atoms with van der Waals surface area (Å²) in [4.78, 5) is 19.0. The van der Waals surface area contributed by atoms with Gasteiger partial charge in [0, 0.05) is 35.0 Å². The normalized spacial score (nSPS) is 14.3. The number of hydrogen-bond donors (Lipinski definition) is 1. The molecule has 6 rings (SSSR count). The second-order valence-electron chi connectivity index (χ2n) is 9.84. The highest BCUT2D eigenvalue weighted by molar-refractivity contribution is 7.16. The zero-order chi connectivity index (χ0) is 26.6. The fraction of sp³-hybridized carbons (Fsp3) is 0.333. The van der Waals surface area contributed by atoms with Crippen molar-refractivity contribution in [2.45, 2.75) is 57.9 Å². The molecular weight excluding hydrogens is 510 g/mol. The number of rotatable bonds is 9. The second-order valence-corrected chi connectivity index (χ2v) is 10.9. The molecule has 1 aliphatic heterocycles. The van der Waals surface area contributed by atoms with Crippen LogP contribution < -0.4 is 14.8 Å². The third-order valence-corrected chi connectivity index (χ3v) is 8.08. The molecule has 1 amide bonds. The van der Waals surface area contributed by atoms with E-state index in [1.54, 1.807) is 35.6 Å². The Hall–Kier alpha value is -3.98. The quantitative estimate of drug-likeness (QED) is 0.189. The minimum Gasteiger partial charge on any atom is -0.493 e. The van der Waals surface area contributed by atoms with Crippen molar-refractivity contribution in [3.63, 3.8) is 0 Å². The maximum atomic E-state index is 13.2. The van der Waals surface area contributed by atoms with Gasteiger partial charge in [0.2, 0.25) is 0 Å². The van der Waals surface area contributed by atoms with Crippen molar-refractivity contribution in [2.24, 2.45) is 0 Å². The van der Waals surface area contributed by atoms with Crippen LogP contribution in [0.15, 0.2) is 55.1 Å². The summed E-state index contributed by atoms with van der Waals surface area (Å²) in [6, 6.07) is 13.1. The summed E-state index contributed by atoms with van der Waals surface area (Å²) in [5.41, 5.74) is 2.55. The van der Waals surface area contributed by atoms with Gasteiger partial charge in [0.1, 0.15) is 23.1 Å². The third kappa shape index (κ3) is 5.73. The van der Waals surface area contributed by atoms with Crippen molar-refractivity contribution in [3.05, 3.63) is 77.1 Å². The Bertz CT molecular complexity index is 1470. The Balaban J connectivity index is 1.21. The SMILES string of the molecule is C=CCCOc1cc(Oc2ccc(-c3nnc4n3CCCCC4)cc2)cc(C(=O)Nc2nc3c(s2)CCC3)c1. The van der Waals surface area contributed by atoms with Gasteiger partial charge in [0.05, 0.1) is 12.3 Å². The van der Waals surface area contributed by atoms with Crippen LogP contribution in [0.25, 0.3) is 11.4 Å². The van der Waals surface area contributed by atoms with Gasteiger partial charge in [-0.3, -0.25) is 10.1 Å². The molecule has 200 valence electrons. The van der Waals surface area contributed by atoms with Crippen LogP contribution in [0.2, 0.25) is 0 Å². The van der Waals surface area contributed by atoms with Gasteiger partial charge < -0.3 is 14.0 Å². The number of aromatic nitrogens is 4. The lowest BCUT2D eigenvalue weighted by molar-refractivity contribution is 0.102. The Morgan fingerprint density at radius 2 is 1.87 bits per heavy atom. The number of amides is 1. The molecule has 0 fully saturated rings. The van der Waals surface area contributed by atoms with E-state index in [0.29, 0.717) is 41.0 Å². The van der Waals surface area contributed by atoms with Crippen LogP contribution in [-0.2, 0) is 25.8 Å². The highest BCUT2D eigenvalue weighted by Crippen LogP contribution is 2.33. The largest absolute Gasteiger partial charge is 0.493 e. The lowest BCUT2D eigenvalue weighted by Gasteiger charge is -2.12. The molecule has 3 heterocycles. The molecule has 2 aromatic heterocycles. The van der Waals surface area contributed by atoms with E-state index >= 15 is 0 Å². The number of thiazole rings is 1. The number of benzene rings is 2. The highest BCUT2D eigenvalue weighted by Gasteiger charge is 2.20. The molecule has 9 heteroatoms. The van der Waals surface area contributed by atoms with E-state index < -0.39 is 0 Å². The molecule has 4 aromatic rings. The molecule has 0 spiro atoms. The van der Waals surface area contributed by atoms with Gasteiger partial charge in [-0.2, -0.15) is 0 Å². The average Bonchev–Trinajstić information content (AvgIpc) is 3.60. The summed E-state index contributed by atoms with van der Waals surface area (Å²) in [6.07, 6.45) is 10.1. The monoisotopic (exact) mass is 541 g/mol. The van der Waals surface area contributed by atoms with Crippen molar-refractivity contribution in [3.8, 4) is 28.6 Å². The molecule has 39 heavy (non-hydrogen) atoms. The molecule has 0 atom stereocenters. The topological polar surface area (TPSA) is 91.2 Å². The van der Waals surface area contributed by atoms with Gasteiger partial charge >= 0.3 is 0 Å². The van der Waals surface area contributed by atoms with Crippen LogP contribution in [0.1, 0.15) is 58.9 Å². The predicted molar refractivity (Wildman–Crippen MR) is 152 cm³/mol. The number of carbonyl (C=O) groups is 1. The van der Waals surface area contributed by atoms with Crippen LogP contribution in [0.5, 0.6) is 17.2 Å². The highest BCUT2D eigenvalue weighted by atomic mass is 32.1. The van der Waals surface area contributed by atoms with Crippen LogP contribution in [0.4, 0.5) is 5.13 Å². The first-order chi connectivity index (χ1) is 19.2. The van der Waals surface area contributed by atoms with Gasteiger partial charge in [-0.05, 0) is 74.9 Å². The van der Waals surface area contributed by atoms with Crippen molar-refractivity contribution in [2.75, 3.05) is 11.9 Å². The number of ether oxygens (including phenoxy) is 2. The van der Waals surface area contributed by atoms with E-state index in [0.717, 1.165) is 68.0 Å². The van der Waals surface area contributed by atoms with Gasteiger partial charge in [-0.25, -0.2) is 4.98 Å². The van der Waals surface area contributed by atoms with Gasteiger partial charge in [-0.15, -0.1) is 28.1 Å². The minimum atomic E-state index is -0.246. The van der Waals surface area contributed by atoms with Crippen molar-refractivity contribution in [1.29, 1.82) is 0 Å². The first kappa shape index (κ1) is 25.3. The molecule has 8 nitrogen and oxygen atoms in total. The summed E-state index contributed by atoms with van der Waals surface area (Å²) >= 11 is 1.55. The van der Waals surface area contributed by atoms with Crippen molar-refractivity contribution >= 4 is 22.4 Å². The van der Waals surface area contributed by atoms with E-state index in [4.69, 9.17) is 9.47 Å². The van der Waals surface area contributed by atoms with E-state index in [1.165, 1.54) is 11.3 Å². The number of hydrogen-bond acceptors (Lipinski definition) is 7. The van der Waals surface area contributed by atoms with Gasteiger partial charge in [0.25, 0.3) is 5.91 Å². The van der Waals surface area contributed by atoms with Crippen LogP contribution >= 0.6 is 11.3 Å². The molecule has 2 aromatic carbocycles. The first-order valence-electron chi connectivity index (χ1n) is 13.6. The zero-order valence-corrected chi connectivity index (χ0v) is 22.6. The van der Waals surface area contributed by atoms with Crippen LogP contribution in [-0.4, -0.2) is 32.3 Å². The second kappa shape index (κ2) is 11.4.